The number of thioether (sulfide) groups is 1. The van der Waals surface area contributed by atoms with E-state index in [1.807, 2.05) is 36.4 Å². The van der Waals surface area contributed by atoms with Gasteiger partial charge >= 0.3 is 0 Å². The Bertz CT molecular complexity index is 1140. The first-order chi connectivity index (χ1) is 15.2. The first kappa shape index (κ1) is 22.1. The van der Waals surface area contributed by atoms with Crippen LogP contribution in [0.25, 0.3) is 0 Å². The molecule has 1 aliphatic rings. The fraction of sp³-hybridized carbons (Fsp3) is 0.231. The summed E-state index contributed by atoms with van der Waals surface area (Å²) in [6.07, 6.45) is 0. The van der Waals surface area contributed by atoms with E-state index in [0.29, 0.717) is 17.0 Å². The number of benzene rings is 3. The van der Waals surface area contributed by atoms with E-state index in [9.17, 15) is 14.0 Å². The summed E-state index contributed by atoms with van der Waals surface area (Å²) in [5, 5.41) is 2.60. The lowest BCUT2D eigenvalue weighted by Gasteiger charge is -2.24. The van der Waals surface area contributed by atoms with Crippen molar-refractivity contribution in [1.29, 1.82) is 0 Å². The normalized spacial score (nSPS) is 16.3. The summed E-state index contributed by atoms with van der Waals surface area (Å²) in [5.41, 5.74) is 3.60. The number of amides is 2. The number of hydrogen-bond donors (Lipinski definition) is 1. The number of nitrogens with zero attached hydrogens (tertiary/aromatic N) is 1. The second-order valence-corrected chi connectivity index (χ2v) is 9.85. The second-order valence-electron chi connectivity index (χ2n) is 8.78. The molecule has 6 heteroatoms. The highest BCUT2D eigenvalue weighted by Crippen LogP contribution is 2.42. The molecule has 0 aliphatic carbocycles. The minimum absolute atomic E-state index is 0.0288. The van der Waals surface area contributed by atoms with Gasteiger partial charge in [0.15, 0.2) is 0 Å². The number of hydrogen-bond acceptors (Lipinski definition) is 3. The van der Waals surface area contributed by atoms with Crippen LogP contribution in [-0.2, 0) is 10.2 Å². The molecule has 0 saturated carbocycles. The molecule has 1 heterocycles. The predicted molar refractivity (Wildman–Crippen MR) is 129 cm³/mol. The van der Waals surface area contributed by atoms with E-state index < -0.39 is 5.82 Å². The summed E-state index contributed by atoms with van der Waals surface area (Å²) in [4.78, 5) is 26.6. The van der Waals surface area contributed by atoms with Gasteiger partial charge in [0.2, 0.25) is 5.91 Å². The SMILES string of the molecule is CC(C)(C)c1ccc(C(=O)Nc2ccc([C@H]3SCC(=O)N3c3ccccc3F)cc2)cc1. The van der Waals surface area contributed by atoms with Crippen molar-refractivity contribution in [2.24, 2.45) is 0 Å². The fourth-order valence-corrected chi connectivity index (χ4v) is 4.80. The van der Waals surface area contributed by atoms with Crippen LogP contribution in [0.3, 0.4) is 0 Å². The highest BCUT2D eigenvalue weighted by molar-refractivity contribution is 8.00. The topological polar surface area (TPSA) is 49.4 Å². The third kappa shape index (κ3) is 4.55. The van der Waals surface area contributed by atoms with Crippen LogP contribution in [0.5, 0.6) is 0 Å². The van der Waals surface area contributed by atoms with Crippen molar-refractivity contribution in [2.75, 3.05) is 16.0 Å². The van der Waals surface area contributed by atoms with Crippen LogP contribution in [-0.4, -0.2) is 17.6 Å². The maximum Gasteiger partial charge on any atom is 0.255 e. The number of halogens is 1. The molecule has 1 aliphatic heterocycles. The van der Waals surface area contributed by atoms with Crippen LogP contribution in [0.4, 0.5) is 15.8 Å². The maximum absolute atomic E-state index is 14.3. The van der Waals surface area contributed by atoms with Crippen LogP contribution >= 0.6 is 11.8 Å². The van der Waals surface area contributed by atoms with Gasteiger partial charge in [-0.15, -0.1) is 11.8 Å². The van der Waals surface area contributed by atoms with E-state index in [4.69, 9.17) is 0 Å². The van der Waals surface area contributed by atoms with Crippen molar-refractivity contribution in [3.05, 3.63) is 95.3 Å². The number of carbonyl (C=O) groups excluding carboxylic acids is 2. The molecule has 164 valence electrons. The molecule has 0 bridgehead atoms. The van der Waals surface area contributed by atoms with Crippen LogP contribution in [0.15, 0.2) is 72.8 Å². The molecular formula is C26H25FN2O2S. The lowest BCUT2D eigenvalue weighted by atomic mass is 9.87. The molecule has 0 unspecified atom stereocenters. The third-order valence-corrected chi connectivity index (χ3v) is 6.66. The molecule has 3 aromatic carbocycles. The Kier molecular flexibility index (Phi) is 6.07. The summed E-state index contributed by atoms with van der Waals surface area (Å²) in [6, 6.07) is 21.3. The molecule has 1 saturated heterocycles. The standard InChI is InChI=1S/C26H25FN2O2S/c1-26(2,3)19-12-8-17(9-13-19)24(31)28-20-14-10-18(11-15-20)25-29(23(30)16-32-25)22-7-5-4-6-21(22)27/h4-15,25H,16H2,1-3H3,(H,28,31)/t25-/m1/s1. The minimum Gasteiger partial charge on any atom is -0.322 e. The lowest BCUT2D eigenvalue weighted by Crippen LogP contribution is -2.28. The fourth-order valence-electron chi connectivity index (χ4n) is 3.63. The molecule has 1 N–H and O–H groups in total. The van der Waals surface area contributed by atoms with E-state index >= 15 is 0 Å². The van der Waals surface area contributed by atoms with Crippen LogP contribution < -0.4 is 10.2 Å². The van der Waals surface area contributed by atoms with Gasteiger partial charge in [-0.1, -0.05) is 57.2 Å². The first-order valence-corrected chi connectivity index (χ1v) is 11.5. The summed E-state index contributed by atoms with van der Waals surface area (Å²) < 4.78 is 14.3. The van der Waals surface area contributed by atoms with Crippen molar-refractivity contribution in [2.45, 2.75) is 31.6 Å². The van der Waals surface area contributed by atoms with Gasteiger partial charge in [0, 0.05) is 11.3 Å². The number of anilines is 2. The zero-order chi connectivity index (χ0) is 22.9. The van der Waals surface area contributed by atoms with E-state index in [1.54, 1.807) is 30.3 Å². The Morgan fingerprint density at radius 3 is 2.28 bits per heavy atom. The van der Waals surface area contributed by atoms with E-state index in [-0.39, 0.29) is 28.3 Å². The summed E-state index contributed by atoms with van der Waals surface area (Å²) in [7, 11) is 0. The Morgan fingerprint density at radius 2 is 1.66 bits per heavy atom. The monoisotopic (exact) mass is 448 g/mol. The van der Waals surface area contributed by atoms with Crippen molar-refractivity contribution in [3.63, 3.8) is 0 Å². The second kappa shape index (κ2) is 8.79. The van der Waals surface area contributed by atoms with E-state index in [1.165, 1.54) is 28.3 Å². The Labute approximate surface area is 191 Å². The van der Waals surface area contributed by atoms with E-state index in [2.05, 4.69) is 26.1 Å². The molecule has 1 atom stereocenters. The van der Waals surface area contributed by atoms with Gasteiger partial charge in [-0.3, -0.25) is 14.5 Å². The van der Waals surface area contributed by atoms with Gasteiger partial charge in [-0.05, 0) is 52.9 Å². The van der Waals surface area contributed by atoms with Gasteiger partial charge in [0.1, 0.15) is 11.2 Å². The predicted octanol–water partition coefficient (Wildman–Crippen LogP) is 6.15. The molecule has 4 nitrogen and oxygen atoms in total. The van der Waals surface area contributed by atoms with Crippen molar-refractivity contribution < 1.29 is 14.0 Å². The summed E-state index contributed by atoms with van der Waals surface area (Å²) >= 11 is 1.46. The maximum atomic E-state index is 14.3. The molecule has 0 aromatic heterocycles. The molecule has 1 fully saturated rings. The average molecular weight is 449 g/mol. The molecule has 2 amide bonds. The van der Waals surface area contributed by atoms with Crippen LogP contribution in [0.1, 0.15) is 47.6 Å². The zero-order valence-electron chi connectivity index (χ0n) is 18.3. The molecule has 0 radical (unpaired) electrons. The Balaban J connectivity index is 1.49. The number of carbonyl (C=O) groups is 2. The minimum atomic E-state index is -0.422. The van der Waals surface area contributed by atoms with Gasteiger partial charge in [-0.2, -0.15) is 0 Å². The van der Waals surface area contributed by atoms with Crippen molar-refractivity contribution >= 4 is 35.0 Å². The highest BCUT2D eigenvalue weighted by Gasteiger charge is 2.35. The van der Waals surface area contributed by atoms with Crippen LogP contribution in [0, 0.1) is 5.82 Å². The summed E-state index contributed by atoms with van der Waals surface area (Å²) in [5.74, 6) is -0.435. The average Bonchev–Trinajstić information content (AvgIpc) is 3.15. The number of nitrogens with one attached hydrogen (secondary N) is 1. The molecule has 0 spiro atoms. The highest BCUT2D eigenvalue weighted by atomic mass is 32.2. The number of rotatable bonds is 4. The van der Waals surface area contributed by atoms with Gasteiger partial charge in [0.05, 0.1) is 11.4 Å². The molecule has 4 rings (SSSR count). The van der Waals surface area contributed by atoms with Crippen molar-refractivity contribution in [1.82, 2.24) is 0 Å². The summed E-state index contributed by atoms with van der Waals surface area (Å²) in [6.45, 7) is 6.40. The van der Waals surface area contributed by atoms with Gasteiger partial charge < -0.3 is 5.32 Å². The zero-order valence-corrected chi connectivity index (χ0v) is 19.1. The first-order valence-electron chi connectivity index (χ1n) is 10.4. The van der Waals surface area contributed by atoms with Crippen LogP contribution in [0.2, 0.25) is 0 Å². The third-order valence-electron chi connectivity index (χ3n) is 5.45. The molecular weight excluding hydrogens is 423 g/mol. The van der Waals surface area contributed by atoms with Gasteiger partial charge in [0.25, 0.3) is 5.91 Å². The number of para-hydroxylation sites is 1. The van der Waals surface area contributed by atoms with E-state index in [0.717, 1.165) is 5.56 Å². The van der Waals surface area contributed by atoms with Gasteiger partial charge in [-0.25, -0.2) is 4.39 Å². The molecule has 3 aromatic rings. The Morgan fingerprint density at radius 1 is 1.00 bits per heavy atom. The van der Waals surface area contributed by atoms with Crippen molar-refractivity contribution in [3.8, 4) is 0 Å². The molecule has 32 heavy (non-hydrogen) atoms. The Hall–Kier alpha value is -3.12. The smallest absolute Gasteiger partial charge is 0.255 e. The largest absolute Gasteiger partial charge is 0.322 e. The lowest BCUT2D eigenvalue weighted by molar-refractivity contribution is -0.115. The quantitative estimate of drug-likeness (QED) is 0.520.